The first-order chi connectivity index (χ1) is 10.6. The molecule has 1 aliphatic rings. The summed E-state index contributed by atoms with van der Waals surface area (Å²) in [6.45, 7) is 5.23. The fourth-order valence-electron chi connectivity index (χ4n) is 2.34. The lowest BCUT2D eigenvalue weighted by atomic mass is 10.2. The van der Waals surface area contributed by atoms with E-state index in [1.165, 1.54) is 11.3 Å². The Labute approximate surface area is 134 Å². The molecule has 1 saturated heterocycles. The number of amides is 1. The second-order valence-corrected chi connectivity index (χ2v) is 6.46. The molecule has 1 aromatic rings. The van der Waals surface area contributed by atoms with E-state index in [1.54, 1.807) is 6.92 Å². The molecule has 1 atom stereocenters. The molecule has 0 aromatic carbocycles. The van der Waals surface area contributed by atoms with Crippen LogP contribution in [-0.2, 0) is 20.7 Å². The second-order valence-electron chi connectivity index (χ2n) is 5.17. The maximum Gasteiger partial charge on any atom is 0.358 e. The van der Waals surface area contributed by atoms with Gasteiger partial charge in [-0.05, 0) is 26.7 Å². The summed E-state index contributed by atoms with van der Waals surface area (Å²) in [4.78, 5) is 28.6. The van der Waals surface area contributed by atoms with Gasteiger partial charge in [0.15, 0.2) is 5.69 Å². The SMILES string of the molecule is CCOC(=O)c1nc(CCNC(=O)CC2CCCO2)sc1C. The van der Waals surface area contributed by atoms with Gasteiger partial charge in [0.05, 0.1) is 24.1 Å². The number of aromatic nitrogens is 1. The average molecular weight is 326 g/mol. The van der Waals surface area contributed by atoms with Crippen LogP contribution in [0.25, 0.3) is 0 Å². The molecule has 0 radical (unpaired) electrons. The van der Waals surface area contributed by atoms with Crippen LogP contribution in [0.15, 0.2) is 0 Å². The Bertz CT molecular complexity index is 524. The molecule has 0 saturated carbocycles. The molecule has 1 unspecified atom stereocenters. The highest BCUT2D eigenvalue weighted by Gasteiger charge is 2.19. The van der Waals surface area contributed by atoms with Crippen LogP contribution in [-0.4, -0.2) is 42.7 Å². The van der Waals surface area contributed by atoms with Gasteiger partial charge in [-0.2, -0.15) is 0 Å². The van der Waals surface area contributed by atoms with Gasteiger partial charge in [0.2, 0.25) is 5.91 Å². The van der Waals surface area contributed by atoms with Gasteiger partial charge >= 0.3 is 5.97 Å². The minimum atomic E-state index is -0.384. The van der Waals surface area contributed by atoms with Crippen LogP contribution in [0.1, 0.15) is 46.6 Å². The third-order valence-corrected chi connectivity index (χ3v) is 4.44. The second kappa shape index (κ2) is 8.24. The van der Waals surface area contributed by atoms with Crippen molar-refractivity contribution in [1.82, 2.24) is 10.3 Å². The molecule has 1 amide bonds. The van der Waals surface area contributed by atoms with Crippen LogP contribution in [0.2, 0.25) is 0 Å². The Balaban J connectivity index is 1.75. The molecule has 1 aliphatic heterocycles. The molecule has 122 valence electrons. The van der Waals surface area contributed by atoms with Crippen molar-refractivity contribution in [1.29, 1.82) is 0 Å². The number of aryl methyl sites for hydroxylation is 1. The third kappa shape index (κ3) is 4.78. The summed E-state index contributed by atoms with van der Waals surface area (Å²) in [6.07, 6.45) is 3.10. The lowest BCUT2D eigenvalue weighted by molar-refractivity contribution is -0.123. The predicted octanol–water partition coefficient (Wildman–Crippen LogP) is 1.86. The summed E-state index contributed by atoms with van der Waals surface area (Å²) in [7, 11) is 0. The van der Waals surface area contributed by atoms with Gasteiger partial charge in [-0.15, -0.1) is 11.3 Å². The fourth-order valence-corrected chi connectivity index (χ4v) is 3.26. The van der Waals surface area contributed by atoms with E-state index in [1.807, 2.05) is 6.92 Å². The molecule has 6 nitrogen and oxygen atoms in total. The highest BCUT2D eigenvalue weighted by atomic mass is 32.1. The van der Waals surface area contributed by atoms with Crippen molar-refractivity contribution in [3.63, 3.8) is 0 Å². The predicted molar refractivity (Wildman–Crippen MR) is 83.1 cm³/mol. The summed E-state index contributed by atoms with van der Waals surface area (Å²) in [5.74, 6) is -0.379. The van der Waals surface area contributed by atoms with Crippen LogP contribution in [0, 0.1) is 6.92 Å². The zero-order chi connectivity index (χ0) is 15.9. The lowest BCUT2D eigenvalue weighted by Crippen LogP contribution is -2.28. The zero-order valence-corrected chi connectivity index (χ0v) is 13.8. The summed E-state index contributed by atoms with van der Waals surface area (Å²) in [5.41, 5.74) is 0.382. The number of thiazole rings is 1. The number of nitrogens with one attached hydrogen (secondary N) is 1. The van der Waals surface area contributed by atoms with Crippen molar-refractivity contribution in [2.75, 3.05) is 19.8 Å². The fraction of sp³-hybridized carbons (Fsp3) is 0.667. The van der Waals surface area contributed by atoms with Gasteiger partial charge in [-0.25, -0.2) is 9.78 Å². The van der Waals surface area contributed by atoms with Gasteiger partial charge < -0.3 is 14.8 Å². The van der Waals surface area contributed by atoms with E-state index in [2.05, 4.69) is 10.3 Å². The quantitative estimate of drug-likeness (QED) is 0.774. The molecule has 2 rings (SSSR count). The summed E-state index contributed by atoms with van der Waals surface area (Å²) < 4.78 is 10.4. The Hall–Kier alpha value is -1.47. The smallest absolute Gasteiger partial charge is 0.358 e. The van der Waals surface area contributed by atoms with Gasteiger partial charge in [-0.1, -0.05) is 0 Å². The molecule has 22 heavy (non-hydrogen) atoms. The summed E-state index contributed by atoms with van der Waals surface area (Å²) in [6, 6.07) is 0. The third-order valence-electron chi connectivity index (χ3n) is 3.41. The molecular formula is C15H22N2O4S. The summed E-state index contributed by atoms with van der Waals surface area (Å²) in [5, 5.41) is 3.70. The van der Waals surface area contributed by atoms with Crippen molar-refractivity contribution < 1.29 is 19.1 Å². The van der Waals surface area contributed by atoms with Gasteiger partial charge in [-0.3, -0.25) is 4.79 Å². The number of rotatable bonds is 7. The molecule has 7 heteroatoms. The number of carbonyl (C=O) groups excluding carboxylic acids is 2. The van der Waals surface area contributed by atoms with Crippen molar-refractivity contribution in [2.24, 2.45) is 0 Å². The van der Waals surface area contributed by atoms with Crippen LogP contribution in [0.4, 0.5) is 0 Å². The van der Waals surface area contributed by atoms with E-state index >= 15 is 0 Å². The topological polar surface area (TPSA) is 77.5 Å². The Morgan fingerprint density at radius 1 is 1.50 bits per heavy atom. The maximum absolute atomic E-state index is 11.8. The van der Waals surface area contributed by atoms with Gasteiger partial charge in [0, 0.05) is 24.4 Å². The first kappa shape index (κ1) is 16.9. The van der Waals surface area contributed by atoms with Crippen molar-refractivity contribution in [2.45, 2.75) is 45.6 Å². The van der Waals surface area contributed by atoms with Crippen LogP contribution < -0.4 is 5.32 Å². The van der Waals surface area contributed by atoms with Gasteiger partial charge in [0.1, 0.15) is 0 Å². The maximum atomic E-state index is 11.8. The van der Waals surface area contributed by atoms with Crippen LogP contribution in [0.3, 0.4) is 0 Å². The standard InChI is InChI=1S/C15H22N2O4S/c1-3-20-15(19)14-10(2)22-13(17-14)6-7-16-12(18)9-11-5-4-8-21-11/h11H,3-9H2,1-2H3,(H,16,18). The van der Waals surface area contributed by atoms with E-state index in [4.69, 9.17) is 9.47 Å². The number of esters is 1. The average Bonchev–Trinajstić information content (AvgIpc) is 3.09. The first-order valence-electron chi connectivity index (χ1n) is 7.62. The normalized spacial score (nSPS) is 17.5. The molecule has 0 aliphatic carbocycles. The number of ether oxygens (including phenoxy) is 2. The largest absolute Gasteiger partial charge is 0.461 e. The van der Waals surface area contributed by atoms with Crippen LogP contribution >= 0.6 is 11.3 Å². The van der Waals surface area contributed by atoms with Crippen molar-refractivity contribution in [3.05, 3.63) is 15.6 Å². The molecule has 1 aromatic heterocycles. The molecule has 0 spiro atoms. The van der Waals surface area contributed by atoms with E-state index in [0.29, 0.717) is 31.7 Å². The highest BCUT2D eigenvalue weighted by Crippen LogP contribution is 2.19. The minimum Gasteiger partial charge on any atom is -0.461 e. The Morgan fingerprint density at radius 3 is 3.00 bits per heavy atom. The van der Waals surface area contributed by atoms with E-state index < -0.39 is 0 Å². The van der Waals surface area contributed by atoms with Crippen molar-refractivity contribution >= 4 is 23.2 Å². The minimum absolute atomic E-state index is 0.00537. The number of carbonyl (C=O) groups is 2. The molecule has 2 heterocycles. The first-order valence-corrected chi connectivity index (χ1v) is 8.43. The van der Waals surface area contributed by atoms with Crippen molar-refractivity contribution in [3.8, 4) is 0 Å². The van der Waals surface area contributed by atoms with E-state index in [9.17, 15) is 9.59 Å². The van der Waals surface area contributed by atoms with E-state index in [-0.39, 0.29) is 18.0 Å². The number of hydrogen-bond donors (Lipinski definition) is 1. The Morgan fingerprint density at radius 2 is 2.32 bits per heavy atom. The lowest BCUT2D eigenvalue weighted by Gasteiger charge is -2.09. The summed E-state index contributed by atoms with van der Waals surface area (Å²) >= 11 is 1.47. The van der Waals surface area contributed by atoms with E-state index in [0.717, 1.165) is 29.3 Å². The number of nitrogens with zero attached hydrogens (tertiary/aromatic N) is 1. The Kier molecular flexibility index (Phi) is 6.33. The molecule has 1 N–H and O–H groups in total. The molecule has 1 fully saturated rings. The molecular weight excluding hydrogens is 304 g/mol. The number of hydrogen-bond acceptors (Lipinski definition) is 6. The monoisotopic (exact) mass is 326 g/mol. The van der Waals surface area contributed by atoms with Gasteiger partial charge in [0.25, 0.3) is 0 Å². The zero-order valence-electron chi connectivity index (χ0n) is 13.0. The molecule has 0 bridgehead atoms. The highest BCUT2D eigenvalue weighted by molar-refractivity contribution is 7.11. The van der Waals surface area contributed by atoms with Crippen LogP contribution in [0.5, 0.6) is 0 Å².